The van der Waals surface area contributed by atoms with Gasteiger partial charge in [0.15, 0.2) is 0 Å². The summed E-state index contributed by atoms with van der Waals surface area (Å²) >= 11 is 0. The van der Waals surface area contributed by atoms with Crippen LogP contribution in [0, 0.1) is 0 Å². The second kappa shape index (κ2) is 4.54. The molecule has 5 nitrogen and oxygen atoms in total. The van der Waals surface area contributed by atoms with Gasteiger partial charge in [-0.15, -0.1) is 0 Å². The van der Waals surface area contributed by atoms with Crippen molar-refractivity contribution in [2.45, 2.75) is 12.6 Å². The number of H-pyrrole nitrogens is 1. The van der Waals surface area contributed by atoms with Crippen LogP contribution < -0.4 is 4.90 Å². The van der Waals surface area contributed by atoms with Crippen molar-refractivity contribution in [1.82, 2.24) is 9.88 Å². The molecule has 3 heterocycles. The fourth-order valence-electron chi connectivity index (χ4n) is 4.15. The Hall–Kier alpha value is -2.95. The van der Waals surface area contributed by atoms with Crippen LogP contribution >= 0.6 is 0 Å². The number of para-hydroxylation sites is 1. The highest BCUT2D eigenvalue weighted by Crippen LogP contribution is 2.44. The Labute approximate surface area is 139 Å². The molecule has 1 atom stereocenters. The molecule has 0 saturated carbocycles. The van der Waals surface area contributed by atoms with Gasteiger partial charge in [0.2, 0.25) is 0 Å². The smallest absolute Gasteiger partial charge is 0.261 e. The SMILES string of the molecule is CN1c2cccc(O)c2C(=O)N2CCc3c([nH]c4ccccc34)[C@H]21. The Morgan fingerprint density at radius 1 is 1.17 bits per heavy atom. The minimum atomic E-state index is -0.164. The van der Waals surface area contributed by atoms with Crippen molar-refractivity contribution in [3.8, 4) is 5.75 Å². The summed E-state index contributed by atoms with van der Waals surface area (Å²) in [5, 5.41) is 11.4. The highest BCUT2D eigenvalue weighted by molar-refractivity contribution is 6.05. The second-order valence-corrected chi connectivity index (χ2v) is 6.47. The summed E-state index contributed by atoms with van der Waals surface area (Å²) in [6.07, 6.45) is 0.654. The number of phenols is 1. The molecule has 0 fully saturated rings. The minimum absolute atomic E-state index is 0.0465. The van der Waals surface area contributed by atoms with Crippen molar-refractivity contribution >= 4 is 22.5 Å². The minimum Gasteiger partial charge on any atom is -0.507 e. The van der Waals surface area contributed by atoms with Crippen LogP contribution in [0.4, 0.5) is 5.69 Å². The molecule has 3 aromatic rings. The Bertz CT molecular complexity index is 991. The lowest BCUT2D eigenvalue weighted by Crippen LogP contribution is -2.51. The maximum atomic E-state index is 13.0. The highest BCUT2D eigenvalue weighted by atomic mass is 16.3. The molecule has 5 heteroatoms. The summed E-state index contributed by atoms with van der Waals surface area (Å²) in [6, 6.07) is 13.5. The van der Waals surface area contributed by atoms with Gasteiger partial charge in [0, 0.05) is 24.5 Å². The van der Waals surface area contributed by atoms with Gasteiger partial charge in [-0.1, -0.05) is 24.3 Å². The highest BCUT2D eigenvalue weighted by Gasteiger charge is 2.42. The van der Waals surface area contributed by atoms with Crippen LogP contribution in [0.1, 0.15) is 27.8 Å². The number of hydrogen-bond donors (Lipinski definition) is 2. The molecule has 0 radical (unpaired) electrons. The Morgan fingerprint density at radius 2 is 2.00 bits per heavy atom. The molecule has 0 bridgehead atoms. The topological polar surface area (TPSA) is 59.6 Å². The molecule has 0 unspecified atom stereocenters. The number of aromatic amines is 1. The number of anilines is 1. The number of rotatable bonds is 0. The molecule has 0 saturated heterocycles. The monoisotopic (exact) mass is 319 g/mol. The number of benzene rings is 2. The summed E-state index contributed by atoms with van der Waals surface area (Å²) in [5.74, 6) is -0.0549. The third-order valence-electron chi connectivity index (χ3n) is 5.24. The van der Waals surface area contributed by atoms with Crippen LogP contribution in [0.3, 0.4) is 0 Å². The first-order valence-electron chi connectivity index (χ1n) is 8.12. The fourth-order valence-corrected chi connectivity index (χ4v) is 4.15. The van der Waals surface area contributed by atoms with E-state index in [2.05, 4.69) is 22.0 Å². The summed E-state index contributed by atoms with van der Waals surface area (Å²) in [4.78, 5) is 20.4. The number of nitrogens with zero attached hydrogens (tertiary/aromatic N) is 2. The average Bonchev–Trinajstić information content (AvgIpc) is 2.97. The van der Waals surface area contributed by atoms with E-state index in [0.717, 1.165) is 23.3 Å². The van der Waals surface area contributed by atoms with Gasteiger partial charge >= 0.3 is 0 Å². The standard InChI is InChI=1S/C19H17N3O2/c1-21-14-7-4-8-15(23)16(14)19(24)22-10-9-12-11-5-2-3-6-13(11)20-17(12)18(21)22/h2-8,18,20,23H,9-10H2,1H3/t18-/m0/s1. The molecule has 0 spiro atoms. The van der Waals surface area contributed by atoms with E-state index in [1.807, 2.05) is 30.1 Å². The number of fused-ring (bicyclic) bond motifs is 6. The average molecular weight is 319 g/mol. The molecule has 2 aliphatic heterocycles. The lowest BCUT2D eigenvalue weighted by molar-refractivity contribution is 0.0631. The van der Waals surface area contributed by atoms with Crippen LogP contribution in [0.5, 0.6) is 5.75 Å². The molecule has 1 aromatic heterocycles. The molecular formula is C19H17N3O2. The van der Waals surface area contributed by atoms with Crippen molar-refractivity contribution in [2.75, 3.05) is 18.5 Å². The number of amides is 1. The second-order valence-electron chi connectivity index (χ2n) is 6.47. The molecule has 120 valence electrons. The summed E-state index contributed by atoms with van der Waals surface area (Å²) in [5.41, 5.74) is 4.64. The van der Waals surface area contributed by atoms with Crippen LogP contribution in [-0.4, -0.2) is 34.5 Å². The zero-order valence-corrected chi connectivity index (χ0v) is 13.3. The molecule has 2 aromatic carbocycles. The predicted molar refractivity (Wildman–Crippen MR) is 92.3 cm³/mol. The van der Waals surface area contributed by atoms with Gasteiger partial charge in [-0.3, -0.25) is 4.79 Å². The molecule has 1 amide bonds. The molecule has 5 rings (SSSR count). The predicted octanol–water partition coefficient (Wildman–Crippen LogP) is 3.02. The molecule has 0 aliphatic carbocycles. The van der Waals surface area contributed by atoms with E-state index in [4.69, 9.17) is 0 Å². The Morgan fingerprint density at radius 3 is 2.88 bits per heavy atom. The van der Waals surface area contributed by atoms with Gasteiger partial charge in [0.25, 0.3) is 5.91 Å². The van der Waals surface area contributed by atoms with E-state index in [-0.39, 0.29) is 17.8 Å². The molecule has 2 N–H and O–H groups in total. The number of carbonyl (C=O) groups is 1. The van der Waals surface area contributed by atoms with Crippen LogP contribution in [-0.2, 0) is 6.42 Å². The van der Waals surface area contributed by atoms with Crippen molar-refractivity contribution in [3.05, 3.63) is 59.3 Å². The summed E-state index contributed by atoms with van der Waals surface area (Å²) in [6.45, 7) is 0.649. The molecular weight excluding hydrogens is 302 g/mol. The normalized spacial score (nSPS) is 19.2. The number of carbonyl (C=O) groups excluding carboxylic acids is 1. The lowest BCUT2D eigenvalue weighted by Gasteiger charge is -2.46. The first-order chi connectivity index (χ1) is 11.7. The Kier molecular flexibility index (Phi) is 2.55. The quantitative estimate of drug-likeness (QED) is 0.669. The number of aromatic nitrogens is 1. The fraction of sp³-hybridized carbons (Fsp3) is 0.211. The summed E-state index contributed by atoms with van der Waals surface area (Å²) < 4.78 is 0. The van der Waals surface area contributed by atoms with Crippen LogP contribution in [0.2, 0.25) is 0 Å². The third kappa shape index (κ3) is 1.56. The number of nitrogens with one attached hydrogen (secondary N) is 1. The Balaban J connectivity index is 1.75. The molecule has 24 heavy (non-hydrogen) atoms. The van der Waals surface area contributed by atoms with Crippen molar-refractivity contribution in [1.29, 1.82) is 0 Å². The zero-order chi connectivity index (χ0) is 16.4. The van der Waals surface area contributed by atoms with E-state index in [0.29, 0.717) is 12.1 Å². The number of aromatic hydroxyl groups is 1. The first kappa shape index (κ1) is 13.5. The van der Waals surface area contributed by atoms with Gasteiger partial charge in [-0.25, -0.2) is 0 Å². The van der Waals surface area contributed by atoms with Gasteiger partial charge < -0.3 is 19.9 Å². The van der Waals surface area contributed by atoms with E-state index in [1.165, 1.54) is 10.9 Å². The van der Waals surface area contributed by atoms with Crippen LogP contribution in [0.25, 0.3) is 10.9 Å². The summed E-state index contributed by atoms with van der Waals surface area (Å²) in [7, 11) is 1.98. The van der Waals surface area contributed by atoms with Gasteiger partial charge in [-0.2, -0.15) is 0 Å². The first-order valence-corrected chi connectivity index (χ1v) is 8.12. The maximum absolute atomic E-state index is 13.0. The van der Waals surface area contributed by atoms with Crippen LogP contribution in [0.15, 0.2) is 42.5 Å². The zero-order valence-electron chi connectivity index (χ0n) is 13.3. The van der Waals surface area contributed by atoms with Gasteiger partial charge in [-0.05, 0) is 30.2 Å². The van der Waals surface area contributed by atoms with Crippen molar-refractivity contribution in [3.63, 3.8) is 0 Å². The number of hydrogen-bond acceptors (Lipinski definition) is 3. The van der Waals surface area contributed by atoms with E-state index >= 15 is 0 Å². The largest absolute Gasteiger partial charge is 0.507 e. The third-order valence-corrected chi connectivity index (χ3v) is 5.24. The molecule has 2 aliphatic rings. The lowest BCUT2D eigenvalue weighted by atomic mass is 9.96. The van der Waals surface area contributed by atoms with E-state index in [9.17, 15) is 9.90 Å². The van der Waals surface area contributed by atoms with E-state index < -0.39 is 0 Å². The van der Waals surface area contributed by atoms with E-state index in [1.54, 1.807) is 12.1 Å². The maximum Gasteiger partial charge on any atom is 0.261 e. The van der Waals surface area contributed by atoms with Gasteiger partial charge in [0.1, 0.15) is 17.5 Å². The van der Waals surface area contributed by atoms with Crippen molar-refractivity contribution in [2.24, 2.45) is 0 Å². The van der Waals surface area contributed by atoms with Crippen molar-refractivity contribution < 1.29 is 9.90 Å². The number of phenolic OH excluding ortho intramolecular Hbond substituents is 1. The van der Waals surface area contributed by atoms with Gasteiger partial charge in [0.05, 0.1) is 11.4 Å².